The number of hydrogen-bond donors (Lipinski definition) is 1. The zero-order chi connectivity index (χ0) is 14.9. The van der Waals surface area contributed by atoms with Crippen molar-refractivity contribution in [3.8, 4) is 0 Å². The Hall–Kier alpha value is -0.430. The van der Waals surface area contributed by atoms with Crippen LogP contribution in [0.3, 0.4) is 0 Å². The molecule has 0 aromatic carbocycles. The molecule has 114 valence electrons. The molecule has 2 rings (SSSR count). The number of ether oxygens (including phenoxy) is 1. The maximum atomic E-state index is 12.5. The summed E-state index contributed by atoms with van der Waals surface area (Å²) in [5.74, 6) is 0.208. The van der Waals surface area contributed by atoms with Crippen molar-refractivity contribution in [2.24, 2.45) is 5.92 Å². The van der Waals surface area contributed by atoms with E-state index in [1.165, 1.54) is 9.75 Å². The Morgan fingerprint density at radius 2 is 2.10 bits per heavy atom. The summed E-state index contributed by atoms with van der Waals surface area (Å²) >= 11 is 1.71. The Bertz CT molecular complexity index is 557. The van der Waals surface area contributed by atoms with Gasteiger partial charge in [-0.15, -0.1) is 11.3 Å². The van der Waals surface area contributed by atoms with Crippen molar-refractivity contribution in [2.75, 3.05) is 13.2 Å². The van der Waals surface area contributed by atoms with Crippen molar-refractivity contribution < 1.29 is 13.2 Å². The standard InChI is InChI=1S/C14H23NO3S2/c1-9(2)14(13-7-10(3)19-11(13)4)15-20(16,17)12-5-6-18-8-12/h7,9,12,14-15H,5-6,8H2,1-4H3/t12-,14-/m1/s1. The summed E-state index contributed by atoms with van der Waals surface area (Å²) in [6, 6.07) is 1.93. The zero-order valence-corrected chi connectivity index (χ0v) is 14.1. The van der Waals surface area contributed by atoms with Crippen LogP contribution < -0.4 is 4.72 Å². The minimum Gasteiger partial charge on any atom is -0.380 e. The molecule has 6 heteroatoms. The minimum atomic E-state index is -3.33. The van der Waals surface area contributed by atoms with Gasteiger partial charge < -0.3 is 4.74 Å². The third-order valence-corrected chi connectivity index (χ3v) is 6.51. The van der Waals surface area contributed by atoms with Crippen LogP contribution in [0.2, 0.25) is 0 Å². The van der Waals surface area contributed by atoms with E-state index in [-0.39, 0.29) is 12.0 Å². The fourth-order valence-electron chi connectivity index (χ4n) is 2.55. The first-order valence-electron chi connectivity index (χ1n) is 6.97. The van der Waals surface area contributed by atoms with E-state index in [2.05, 4.69) is 24.6 Å². The number of sulfonamides is 1. The molecule has 1 N–H and O–H groups in total. The molecule has 1 aromatic rings. The van der Waals surface area contributed by atoms with E-state index in [1.54, 1.807) is 11.3 Å². The van der Waals surface area contributed by atoms with Crippen LogP contribution in [0.1, 0.15) is 41.6 Å². The lowest BCUT2D eigenvalue weighted by Gasteiger charge is -2.24. The predicted molar refractivity (Wildman–Crippen MR) is 82.7 cm³/mol. The molecule has 20 heavy (non-hydrogen) atoms. The van der Waals surface area contributed by atoms with Gasteiger partial charge in [-0.25, -0.2) is 13.1 Å². The van der Waals surface area contributed by atoms with Crippen molar-refractivity contribution >= 4 is 21.4 Å². The van der Waals surface area contributed by atoms with E-state index < -0.39 is 15.3 Å². The molecule has 2 atom stereocenters. The topological polar surface area (TPSA) is 55.4 Å². The Balaban J connectivity index is 2.24. The van der Waals surface area contributed by atoms with Crippen molar-refractivity contribution in [2.45, 2.75) is 45.4 Å². The fourth-order valence-corrected chi connectivity index (χ4v) is 5.15. The molecule has 1 aromatic heterocycles. The van der Waals surface area contributed by atoms with Crippen molar-refractivity contribution in [1.29, 1.82) is 0 Å². The monoisotopic (exact) mass is 317 g/mol. The van der Waals surface area contributed by atoms with Crippen LogP contribution in [0.4, 0.5) is 0 Å². The second kappa shape index (κ2) is 6.13. The molecule has 0 aliphatic carbocycles. The first-order chi connectivity index (χ1) is 9.31. The van der Waals surface area contributed by atoms with Gasteiger partial charge in [-0.2, -0.15) is 0 Å². The summed E-state index contributed by atoms with van der Waals surface area (Å²) in [6.45, 7) is 9.04. The van der Waals surface area contributed by atoms with Crippen LogP contribution in [0.5, 0.6) is 0 Å². The van der Waals surface area contributed by atoms with E-state index in [0.29, 0.717) is 19.6 Å². The first-order valence-corrected chi connectivity index (χ1v) is 9.33. The van der Waals surface area contributed by atoms with E-state index in [4.69, 9.17) is 4.74 Å². The van der Waals surface area contributed by atoms with Gasteiger partial charge in [-0.1, -0.05) is 13.8 Å². The second-order valence-electron chi connectivity index (χ2n) is 5.74. The predicted octanol–water partition coefficient (Wildman–Crippen LogP) is 2.77. The lowest BCUT2D eigenvalue weighted by atomic mass is 9.97. The molecule has 1 aliphatic rings. The Labute approximate surface area is 125 Å². The molecule has 1 fully saturated rings. The maximum Gasteiger partial charge on any atom is 0.217 e. The molecule has 0 radical (unpaired) electrons. The molecule has 1 saturated heterocycles. The largest absolute Gasteiger partial charge is 0.380 e. The summed E-state index contributed by atoms with van der Waals surface area (Å²) < 4.78 is 33.0. The van der Waals surface area contributed by atoms with E-state index in [9.17, 15) is 8.42 Å². The lowest BCUT2D eigenvalue weighted by Crippen LogP contribution is -2.39. The van der Waals surface area contributed by atoms with E-state index in [0.717, 1.165) is 5.56 Å². The Morgan fingerprint density at radius 1 is 1.40 bits per heavy atom. The van der Waals surface area contributed by atoms with Crippen LogP contribution in [0, 0.1) is 19.8 Å². The van der Waals surface area contributed by atoms with E-state index in [1.807, 2.05) is 13.8 Å². The summed E-state index contributed by atoms with van der Waals surface area (Å²) in [7, 11) is -3.33. The average Bonchev–Trinajstić information content (AvgIpc) is 2.96. The van der Waals surface area contributed by atoms with Gasteiger partial charge in [0.05, 0.1) is 12.6 Å². The molecule has 1 aliphatic heterocycles. The smallest absolute Gasteiger partial charge is 0.217 e. The van der Waals surface area contributed by atoms with Crippen LogP contribution in [-0.4, -0.2) is 26.9 Å². The molecule has 0 saturated carbocycles. The van der Waals surface area contributed by atoms with Gasteiger partial charge in [-0.05, 0) is 37.8 Å². The number of rotatable bonds is 5. The van der Waals surface area contributed by atoms with Gasteiger partial charge in [0.1, 0.15) is 5.25 Å². The SMILES string of the molecule is Cc1cc([C@H](NS(=O)(=O)[C@@H]2CCOC2)C(C)C)c(C)s1. The van der Waals surface area contributed by atoms with E-state index >= 15 is 0 Å². The third kappa shape index (κ3) is 3.42. The highest BCUT2D eigenvalue weighted by molar-refractivity contribution is 7.90. The van der Waals surface area contributed by atoms with Gasteiger partial charge in [-0.3, -0.25) is 0 Å². The number of thiophene rings is 1. The van der Waals surface area contributed by atoms with Gasteiger partial charge in [0.2, 0.25) is 10.0 Å². The fraction of sp³-hybridized carbons (Fsp3) is 0.714. The highest BCUT2D eigenvalue weighted by Crippen LogP contribution is 2.32. The Morgan fingerprint density at radius 3 is 2.55 bits per heavy atom. The number of aryl methyl sites for hydroxylation is 2. The molecular formula is C14H23NO3S2. The molecule has 0 bridgehead atoms. The number of nitrogens with one attached hydrogen (secondary N) is 1. The maximum absolute atomic E-state index is 12.5. The zero-order valence-electron chi connectivity index (χ0n) is 12.5. The average molecular weight is 317 g/mol. The van der Waals surface area contributed by atoms with Crippen molar-refractivity contribution in [3.63, 3.8) is 0 Å². The van der Waals surface area contributed by atoms with Crippen LogP contribution in [0.15, 0.2) is 6.07 Å². The summed E-state index contributed by atoms with van der Waals surface area (Å²) in [5.41, 5.74) is 1.10. The van der Waals surface area contributed by atoms with Gasteiger partial charge in [0.25, 0.3) is 0 Å². The molecular weight excluding hydrogens is 294 g/mol. The van der Waals surface area contributed by atoms with Crippen LogP contribution in [-0.2, 0) is 14.8 Å². The van der Waals surface area contributed by atoms with Crippen molar-refractivity contribution in [3.05, 3.63) is 21.4 Å². The quantitative estimate of drug-likeness (QED) is 0.908. The molecule has 2 heterocycles. The molecule has 4 nitrogen and oxygen atoms in total. The minimum absolute atomic E-state index is 0.162. The Kier molecular flexibility index (Phi) is 4.89. The molecule has 0 amide bonds. The first kappa shape index (κ1) is 15.9. The summed E-state index contributed by atoms with van der Waals surface area (Å²) in [5, 5.41) is -0.413. The third-order valence-electron chi connectivity index (χ3n) is 3.70. The highest BCUT2D eigenvalue weighted by atomic mass is 32.2. The summed E-state index contributed by atoms with van der Waals surface area (Å²) in [4.78, 5) is 2.40. The van der Waals surface area contributed by atoms with Crippen LogP contribution in [0.25, 0.3) is 0 Å². The van der Waals surface area contributed by atoms with Crippen LogP contribution >= 0.6 is 11.3 Å². The lowest BCUT2D eigenvalue weighted by molar-refractivity contribution is 0.198. The van der Waals surface area contributed by atoms with Crippen molar-refractivity contribution in [1.82, 2.24) is 4.72 Å². The van der Waals surface area contributed by atoms with Gasteiger partial charge in [0, 0.05) is 16.4 Å². The van der Waals surface area contributed by atoms with Gasteiger partial charge in [0.15, 0.2) is 0 Å². The number of hydrogen-bond acceptors (Lipinski definition) is 4. The second-order valence-corrected chi connectivity index (χ2v) is 9.19. The highest BCUT2D eigenvalue weighted by Gasteiger charge is 2.33. The molecule has 0 unspecified atom stereocenters. The summed E-state index contributed by atoms with van der Waals surface area (Å²) in [6.07, 6.45) is 0.585. The normalized spacial score (nSPS) is 21.6. The van der Waals surface area contributed by atoms with Gasteiger partial charge >= 0.3 is 0 Å². The molecule has 0 spiro atoms.